The molecule has 0 radical (unpaired) electrons. The van der Waals surface area contributed by atoms with Crippen LogP contribution < -0.4 is 4.74 Å². The van der Waals surface area contributed by atoms with Gasteiger partial charge in [0.2, 0.25) is 0 Å². The Hall–Kier alpha value is -3.08. The van der Waals surface area contributed by atoms with Crippen molar-refractivity contribution in [2.75, 3.05) is 12.4 Å². The fraction of sp³-hybridized carbons (Fsp3) is 0.174. The molecule has 1 heterocycles. The molecule has 0 bridgehead atoms. The summed E-state index contributed by atoms with van der Waals surface area (Å²) in [6.45, 7) is 1.35. The molecule has 3 rings (SSSR count). The highest BCUT2D eigenvalue weighted by atomic mass is 32.2. The minimum absolute atomic E-state index is 0.0833. The van der Waals surface area contributed by atoms with E-state index in [0.29, 0.717) is 23.3 Å². The van der Waals surface area contributed by atoms with Crippen molar-refractivity contribution in [3.05, 3.63) is 71.1 Å². The molecule has 154 valence electrons. The Morgan fingerprint density at radius 1 is 1.10 bits per heavy atom. The van der Waals surface area contributed by atoms with Gasteiger partial charge in [0.15, 0.2) is 16.4 Å². The lowest BCUT2D eigenvalue weighted by atomic mass is 10.1. The molecule has 0 fully saturated rings. The van der Waals surface area contributed by atoms with Gasteiger partial charge in [0, 0.05) is 10.4 Å². The van der Waals surface area contributed by atoms with Gasteiger partial charge in [0.25, 0.3) is 0 Å². The van der Waals surface area contributed by atoms with Crippen LogP contribution >= 0.6 is 11.3 Å². The Morgan fingerprint density at radius 3 is 2.63 bits per heavy atom. The van der Waals surface area contributed by atoms with Crippen molar-refractivity contribution in [1.82, 2.24) is 0 Å². The van der Waals surface area contributed by atoms with Crippen molar-refractivity contribution >= 4 is 27.1 Å². The summed E-state index contributed by atoms with van der Waals surface area (Å²) < 4.78 is 30.0. The lowest BCUT2D eigenvalue weighted by Gasteiger charge is -2.08. The highest BCUT2D eigenvalue weighted by Gasteiger charge is 2.13. The number of hydrogen-bond donors (Lipinski definition) is 1. The van der Waals surface area contributed by atoms with Crippen LogP contribution in [0.2, 0.25) is 0 Å². The third-order valence-electron chi connectivity index (χ3n) is 4.14. The first-order chi connectivity index (χ1) is 14.4. The fourth-order valence-corrected chi connectivity index (χ4v) is 4.87. The fourth-order valence-electron chi connectivity index (χ4n) is 2.78. The van der Waals surface area contributed by atoms with Gasteiger partial charge in [0.05, 0.1) is 16.2 Å². The predicted octanol–water partition coefficient (Wildman–Crippen LogP) is 4.46. The number of carboxylic acid groups (broad SMARTS) is 1. The molecule has 2 aromatic carbocycles. The van der Waals surface area contributed by atoms with E-state index in [1.165, 1.54) is 0 Å². The zero-order valence-corrected chi connectivity index (χ0v) is 17.9. The number of ether oxygens (including phenoxy) is 1. The number of carboxylic acids is 1. The molecule has 7 heteroatoms. The molecule has 0 spiro atoms. The summed E-state index contributed by atoms with van der Waals surface area (Å²) >= 11 is 1.58. The van der Waals surface area contributed by atoms with Crippen LogP contribution in [0.1, 0.15) is 24.5 Å². The second-order valence-corrected chi connectivity index (χ2v) is 9.52. The van der Waals surface area contributed by atoms with Crippen molar-refractivity contribution in [2.45, 2.75) is 18.2 Å². The van der Waals surface area contributed by atoms with E-state index in [9.17, 15) is 13.2 Å². The monoisotopic (exact) mass is 440 g/mol. The molecular formula is C23H20O5S2. The smallest absolute Gasteiger partial charge is 0.341 e. The molecule has 30 heavy (non-hydrogen) atoms. The predicted molar refractivity (Wildman–Crippen MR) is 118 cm³/mol. The zero-order chi connectivity index (χ0) is 21.6. The molecule has 1 aromatic heterocycles. The molecule has 0 saturated heterocycles. The van der Waals surface area contributed by atoms with Crippen LogP contribution in [0, 0.1) is 11.8 Å². The van der Waals surface area contributed by atoms with Gasteiger partial charge in [-0.2, -0.15) is 0 Å². The van der Waals surface area contributed by atoms with Crippen molar-refractivity contribution in [2.24, 2.45) is 0 Å². The maximum atomic E-state index is 12.3. The van der Waals surface area contributed by atoms with E-state index in [4.69, 9.17) is 9.84 Å². The number of benzene rings is 2. The van der Waals surface area contributed by atoms with Crippen molar-refractivity contribution in [1.29, 1.82) is 0 Å². The molecule has 0 aliphatic heterocycles. The molecule has 0 atom stereocenters. The van der Waals surface area contributed by atoms with Crippen LogP contribution in [0.5, 0.6) is 5.75 Å². The normalized spacial score (nSPS) is 10.8. The van der Waals surface area contributed by atoms with E-state index < -0.39 is 22.4 Å². The van der Waals surface area contributed by atoms with Gasteiger partial charge in [0.1, 0.15) is 5.75 Å². The Balaban J connectivity index is 1.98. The number of carbonyl (C=O) groups is 1. The van der Waals surface area contributed by atoms with E-state index in [0.717, 1.165) is 10.4 Å². The van der Waals surface area contributed by atoms with Gasteiger partial charge in [-0.1, -0.05) is 30.9 Å². The summed E-state index contributed by atoms with van der Waals surface area (Å²) in [5.74, 6) is 5.35. The topological polar surface area (TPSA) is 80.7 Å². The highest BCUT2D eigenvalue weighted by molar-refractivity contribution is 7.91. The molecule has 0 aliphatic rings. The van der Waals surface area contributed by atoms with Crippen molar-refractivity contribution < 1.29 is 23.1 Å². The molecule has 0 unspecified atom stereocenters. The number of thiophene rings is 1. The summed E-state index contributed by atoms with van der Waals surface area (Å²) in [4.78, 5) is 12.2. The molecule has 0 saturated carbocycles. The molecule has 5 nitrogen and oxygen atoms in total. The van der Waals surface area contributed by atoms with Crippen LogP contribution in [0.4, 0.5) is 0 Å². The van der Waals surface area contributed by atoms with Gasteiger partial charge in [-0.05, 0) is 59.8 Å². The van der Waals surface area contributed by atoms with Crippen LogP contribution in [0.25, 0.3) is 10.4 Å². The van der Waals surface area contributed by atoms with Crippen molar-refractivity contribution in [3.8, 4) is 28.0 Å². The second-order valence-electron chi connectivity index (χ2n) is 6.47. The number of sulfone groups is 1. The quantitative estimate of drug-likeness (QED) is 0.549. The minimum atomic E-state index is -3.33. The van der Waals surface area contributed by atoms with Crippen LogP contribution in [0.15, 0.2) is 64.9 Å². The highest BCUT2D eigenvalue weighted by Crippen LogP contribution is 2.29. The zero-order valence-electron chi connectivity index (χ0n) is 16.3. The first kappa shape index (κ1) is 21.6. The van der Waals surface area contributed by atoms with Gasteiger partial charge in [-0.25, -0.2) is 13.2 Å². The van der Waals surface area contributed by atoms with Gasteiger partial charge < -0.3 is 9.84 Å². The largest absolute Gasteiger partial charge is 0.481 e. The van der Waals surface area contributed by atoms with Crippen LogP contribution in [-0.4, -0.2) is 31.9 Å². The standard InChI is InChI=1S/C23H20O5S2/c1-2-13-30(26,27)20-6-3-5-17(14-20)8-9-18-15-19(22-7-4-12-29-22)10-11-21(18)28-16-23(24)25/h3-7,10-12,14-15H,2,13,16H2,1H3,(H,24,25). The van der Waals surface area contributed by atoms with E-state index in [-0.39, 0.29) is 10.6 Å². The molecule has 0 aliphatic carbocycles. The van der Waals surface area contributed by atoms with Gasteiger partial charge in [-0.3, -0.25) is 0 Å². The second kappa shape index (κ2) is 9.61. The lowest BCUT2D eigenvalue weighted by Crippen LogP contribution is -2.10. The summed E-state index contributed by atoms with van der Waals surface area (Å²) in [6.07, 6.45) is 0.540. The van der Waals surface area contributed by atoms with E-state index in [2.05, 4.69) is 11.8 Å². The third-order valence-corrected chi connectivity index (χ3v) is 6.98. The van der Waals surface area contributed by atoms with Crippen LogP contribution in [0.3, 0.4) is 0 Å². The Kier molecular flexibility index (Phi) is 6.93. The van der Waals surface area contributed by atoms with Gasteiger partial charge in [-0.15, -0.1) is 11.3 Å². The average Bonchev–Trinajstić information content (AvgIpc) is 3.26. The SMILES string of the molecule is CCCS(=O)(=O)c1cccc(C#Cc2cc(-c3cccs3)ccc2OCC(=O)O)c1. The summed E-state index contributed by atoms with van der Waals surface area (Å²) in [7, 11) is -3.33. The Bertz CT molecular complexity index is 1200. The lowest BCUT2D eigenvalue weighted by molar-refractivity contribution is -0.139. The van der Waals surface area contributed by atoms with E-state index >= 15 is 0 Å². The first-order valence-corrected chi connectivity index (χ1v) is 11.8. The average molecular weight is 441 g/mol. The van der Waals surface area contributed by atoms with E-state index in [1.807, 2.05) is 36.6 Å². The molecule has 3 aromatic rings. The maximum Gasteiger partial charge on any atom is 0.341 e. The van der Waals surface area contributed by atoms with E-state index in [1.54, 1.807) is 41.7 Å². The Morgan fingerprint density at radius 2 is 1.93 bits per heavy atom. The third kappa shape index (κ3) is 5.50. The maximum absolute atomic E-state index is 12.3. The summed E-state index contributed by atoms with van der Waals surface area (Å²) in [5.41, 5.74) is 2.03. The van der Waals surface area contributed by atoms with Gasteiger partial charge >= 0.3 is 5.97 Å². The Labute approximate surface area is 179 Å². The summed E-state index contributed by atoms with van der Waals surface area (Å²) in [6, 6.07) is 15.8. The van der Waals surface area contributed by atoms with Crippen molar-refractivity contribution in [3.63, 3.8) is 0 Å². The first-order valence-electron chi connectivity index (χ1n) is 9.26. The minimum Gasteiger partial charge on any atom is -0.481 e. The molecule has 1 N–H and O–H groups in total. The molecular weight excluding hydrogens is 420 g/mol. The summed E-state index contributed by atoms with van der Waals surface area (Å²) in [5, 5.41) is 10.9. The van der Waals surface area contributed by atoms with Crippen LogP contribution in [-0.2, 0) is 14.6 Å². The number of aliphatic carboxylic acids is 1. The number of rotatable bonds is 7. The number of hydrogen-bond acceptors (Lipinski definition) is 5. The molecule has 0 amide bonds.